The third kappa shape index (κ3) is 6.72. The highest BCUT2D eigenvalue weighted by Crippen LogP contribution is 2.32. The van der Waals surface area contributed by atoms with Gasteiger partial charge in [0.15, 0.2) is 28.6 Å². The number of aromatic nitrogens is 3. The molecule has 0 saturated heterocycles. The van der Waals surface area contributed by atoms with Crippen LogP contribution in [0.15, 0.2) is 53.7 Å². The molecule has 0 fully saturated rings. The molecule has 35 heavy (non-hydrogen) atoms. The van der Waals surface area contributed by atoms with Gasteiger partial charge >= 0.3 is 0 Å². The third-order valence-electron chi connectivity index (χ3n) is 5.01. The van der Waals surface area contributed by atoms with Crippen LogP contribution in [0, 0.1) is 16.0 Å². The molecule has 0 bridgehead atoms. The van der Waals surface area contributed by atoms with Crippen LogP contribution in [0.25, 0.3) is 0 Å². The predicted molar refractivity (Wildman–Crippen MR) is 134 cm³/mol. The minimum absolute atomic E-state index is 0.0894. The van der Waals surface area contributed by atoms with Gasteiger partial charge in [-0.2, -0.15) is 0 Å². The van der Waals surface area contributed by atoms with Crippen molar-refractivity contribution >= 4 is 29.0 Å². The van der Waals surface area contributed by atoms with Crippen LogP contribution < -0.4 is 14.8 Å². The molecule has 0 saturated carbocycles. The molecule has 186 valence electrons. The topological polar surface area (TPSA) is 121 Å². The Bertz CT molecular complexity index is 1180. The largest absolute Gasteiger partial charge is 0.493 e. The van der Waals surface area contributed by atoms with Crippen LogP contribution in [0.4, 0.5) is 11.4 Å². The fraction of sp³-hybridized carbons (Fsp3) is 0.375. The fourth-order valence-electron chi connectivity index (χ4n) is 3.34. The third-order valence-corrected chi connectivity index (χ3v) is 6.09. The molecule has 0 spiro atoms. The molecule has 10 nitrogen and oxygen atoms in total. The van der Waals surface area contributed by atoms with Crippen molar-refractivity contribution in [2.75, 3.05) is 12.4 Å². The minimum Gasteiger partial charge on any atom is -0.493 e. The number of benzene rings is 2. The highest BCUT2D eigenvalue weighted by atomic mass is 32.2. The van der Waals surface area contributed by atoms with Gasteiger partial charge < -0.3 is 19.4 Å². The normalized spacial score (nSPS) is 12.7. The van der Waals surface area contributed by atoms with E-state index >= 15 is 0 Å². The van der Waals surface area contributed by atoms with Crippen molar-refractivity contribution in [2.24, 2.45) is 5.92 Å². The molecule has 3 aromatic rings. The number of anilines is 1. The van der Waals surface area contributed by atoms with Gasteiger partial charge in [0, 0.05) is 24.4 Å². The predicted octanol–water partition coefficient (Wildman–Crippen LogP) is 5.11. The first-order valence-corrected chi connectivity index (χ1v) is 12.0. The zero-order valence-electron chi connectivity index (χ0n) is 20.3. The van der Waals surface area contributed by atoms with E-state index < -0.39 is 16.3 Å². The van der Waals surface area contributed by atoms with Crippen LogP contribution in [-0.4, -0.2) is 38.0 Å². The zero-order chi connectivity index (χ0) is 25.5. The summed E-state index contributed by atoms with van der Waals surface area (Å²) < 4.78 is 13.5. The van der Waals surface area contributed by atoms with E-state index in [1.54, 1.807) is 20.1 Å². The molecule has 2 unspecified atom stereocenters. The van der Waals surface area contributed by atoms with E-state index in [-0.39, 0.29) is 11.6 Å². The maximum absolute atomic E-state index is 12.8. The lowest BCUT2D eigenvalue weighted by molar-refractivity contribution is -0.384. The fourth-order valence-corrected chi connectivity index (χ4v) is 4.20. The van der Waals surface area contributed by atoms with Crippen LogP contribution in [0.1, 0.15) is 39.6 Å². The lowest BCUT2D eigenvalue weighted by Crippen LogP contribution is -2.23. The maximum atomic E-state index is 12.8. The monoisotopic (exact) mass is 499 g/mol. The summed E-state index contributed by atoms with van der Waals surface area (Å²) in [6.07, 6.45) is -0.416. The van der Waals surface area contributed by atoms with E-state index in [4.69, 9.17) is 9.47 Å². The van der Waals surface area contributed by atoms with Crippen LogP contribution >= 0.6 is 11.8 Å². The number of amides is 1. The van der Waals surface area contributed by atoms with Crippen LogP contribution in [0.5, 0.6) is 11.5 Å². The van der Waals surface area contributed by atoms with E-state index in [0.717, 1.165) is 0 Å². The summed E-state index contributed by atoms with van der Waals surface area (Å²) in [6.45, 7) is 8.45. The maximum Gasteiger partial charge on any atom is 0.271 e. The molecule has 11 heteroatoms. The van der Waals surface area contributed by atoms with Gasteiger partial charge in [-0.15, -0.1) is 10.2 Å². The number of non-ortho nitro benzene ring substituents is 1. The smallest absolute Gasteiger partial charge is 0.271 e. The standard InChI is InChI=1S/C24H29N5O5S/c1-15(2)14-28-22(16(3)34-21-12-7-6-11-20(21)33-5)26-27-24(28)35-17(4)23(30)25-18-9-8-10-19(13-18)29(31)32/h6-13,15-17H,14H2,1-5H3,(H,25,30). The van der Waals surface area contributed by atoms with Gasteiger partial charge in [-0.05, 0) is 38.0 Å². The molecular formula is C24H29N5O5S. The van der Waals surface area contributed by atoms with Crippen molar-refractivity contribution in [2.45, 2.75) is 50.8 Å². The Morgan fingerprint density at radius 3 is 2.49 bits per heavy atom. The number of para-hydroxylation sites is 2. The SMILES string of the molecule is COc1ccccc1OC(C)c1nnc(SC(C)C(=O)Nc2cccc([N+](=O)[O-])c2)n1CC(C)C. The summed E-state index contributed by atoms with van der Waals surface area (Å²) in [6, 6.07) is 13.2. The van der Waals surface area contributed by atoms with E-state index in [9.17, 15) is 14.9 Å². The van der Waals surface area contributed by atoms with Crippen LogP contribution in [0.3, 0.4) is 0 Å². The minimum atomic E-state index is -0.525. The number of carbonyl (C=O) groups excluding carboxylic acids is 1. The molecule has 2 aromatic carbocycles. The molecule has 1 amide bonds. The lowest BCUT2D eigenvalue weighted by atomic mass is 10.2. The summed E-state index contributed by atoms with van der Waals surface area (Å²) >= 11 is 1.27. The van der Waals surface area contributed by atoms with Gasteiger partial charge in [0.1, 0.15) is 0 Å². The zero-order valence-corrected chi connectivity index (χ0v) is 21.1. The van der Waals surface area contributed by atoms with Crippen molar-refractivity contribution in [3.63, 3.8) is 0 Å². The second kappa shape index (κ2) is 11.7. The molecule has 0 radical (unpaired) electrons. The first-order chi connectivity index (χ1) is 16.7. The van der Waals surface area contributed by atoms with Crippen molar-refractivity contribution in [3.8, 4) is 11.5 Å². The number of nitro groups is 1. The molecule has 0 aliphatic rings. The van der Waals surface area contributed by atoms with E-state index in [2.05, 4.69) is 29.4 Å². The highest BCUT2D eigenvalue weighted by molar-refractivity contribution is 8.00. The first-order valence-electron chi connectivity index (χ1n) is 11.1. The molecule has 3 rings (SSSR count). The molecule has 2 atom stereocenters. The summed E-state index contributed by atoms with van der Waals surface area (Å²) in [5.74, 6) is 1.86. The Morgan fingerprint density at radius 2 is 1.83 bits per heavy atom. The molecule has 1 N–H and O–H groups in total. The number of hydrogen-bond acceptors (Lipinski definition) is 8. The van der Waals surface area contributed by atoms with Crippen molar-refractivity contribution < 1.29 is 19.2 Å². The van der Waals surface area contributed by atoms with Crippen LogP contribution in [0.2, 0.25) is 0 Å². The molecule has 1 heterocycles. The average molecular weight is 500 g/mol. The molecule has 0 aliphatic heterocycles. The summed E-state index contributed by atoms with van der Waals surface area (Å²) in [5, 5.41) is 22.5. The van der Waals surface area contributed by atoms with Crippen molar-refractivity contribution in [1.82, 2.24) is 14.8 Å². The number of rotatable bonds is 11. The Morgan fingerprint density at radius 1 is 1.11 bits per heavy atom. The Labute approximate surface area is 208 Å². The van der Waals surface area contributed by atoms with E-state index in [0.29, 0.717) is 40.6 Å². The van der Waals surface area contributed by atoms with Crippen molar-refractivity contribution in [1.29, 1.82) is 0 Å². The van der Waals surface area contributed by atoms with Gasteiger partial charge in [0.2, 0.25) is 5.91 Å². The highest BCUT2D eigenvalue weighted by Gasteiger charge is 2.25. The van der Waals surface area contributed by atoms with E-state index in [1.807, 2.05) is 35.8 Å². The number of nitrogens with one attached hydrogen (secondary N) is 1. The van der Waals surface area contributed by atoms with Gasteiger partial charge in [-0.3, -0.25) is 14.9 Å². The van der Waals surface area contributed by atoms with Crippen LogP contribution in [-0.2, 0) is 11.3 Å². The number of hydrogen-bond donors (Lipinski definition) is 1. The second-order valence-corrected chi connectivity index (χ2v) is 9.62. The van der Waals surface area contributed by atoms with E-state index in [1.165, 1.54) is 30.0 Å². The number of thioether (sulfide) groups is 1. The quantitative estimate of drug-likeness (QED) is 0.219. The molecule has 1 aromatic heterocycles. The summed E-state index contributed by atoms with van der Waals surface area (Å²) in [7, 11) is 1.59. The first kappa shape index (κ1) is 26.0. The van der Waals surface area contributed by atoms with Crippen molar-refractivity contribution in [3.05, 3.63) is 64.5 Å². The Kier molecular flexibility index (Phi) is 8.69. The number of methoxy groups -OCH3 is 1. The lowest BCUT2D eigenvalue weighted by Gasteiger charge is -2.19. The molecule has 0 aliphatic carbocycles. The summed E-state index contributed by atoms with van der Waals surface area (Å²) in [5.41, 5.74) is 0.272. The molecular weight excluding hydrogens is 470 g/mol. The van der Waals surface area contributed by atoms with Gasteiger partial charge in [0.05, 0.1) is 17.3 Å². The van der Waals surface area contributed by atoms with Gasteiger partial charge in [-0.25, -0.2) is 0 Å². The van der Waals surface area contributed by atoms with Gasteiger partial charge in [0.25, 0.3) is 5.69 Å². The Hall–Kier alpha value is -3.60. The average Bonchev–Trinajstić information content (AvgIpc) is 3.20. The summed E-state index contributed by atoms with van der Waals surface area (Å²) in [4.78, 5) is 23.3. The van der Waals surface area contributed by atoms with Gasteiger partial charge in [-0.1, -0.05) is 43.8 Å². The number of nitrogens with zero attached hydrogens (tertiary/aromatic N) is 4. The number of ether oxygens (including phenoxy) is 2. The second-order valence-electron chi connectivity index (χ2n) is 8.31. The Balaban J connectivity index is 1.77. The number of carbonyl (C=O) groups is 1. The number of nitro benzene ring substituents is 1.